The Hall–Kier alpha value is -0.487. The summed E-state index contributed by atoms with van der Waals surface area (Å²) >= 11 is -1.84. The van der Waals surface area contributed by atoms with Gasteiger partial charge in [0.15, 0.2) is 0 Å². The molecule has 0 unspecified atom stereocenters. The van der Waals surface area contributed by atoms with Crippen molar-refractivity contribution in [2.24, 2.45) is 0 Å². The van der Waals surface area contributed by atoms with Gasteiger partial charge in [-0.2, -0.15) is 18.2 Å². The van der Waals surface area contributed by atoms with Gasteiger partial charge < -0.3 is 0 Å². The predicted octanol–water partition coefficient (Wildman–Crippen LogP) is 7.69. The molecule has 3 aromatic carbocycles. The maximum Gasteiger partial charge on any atom is -0.0961 e. The van der Waals surface area contributed by atoms with Crippen LogP contribution in [0.15, 0.2) is 60.7 Å². The first-order valence-corrected chi connectivity index (χ1v) is 16.0. The molecule has 0 spiro atoms. The molecule has 0 saturated heterocycles. The summed E-state index contributed by atoms with van der Waals surface area (Å²) in [5.41, 5.74) is 3.04. The molecule has 0 aliphatic heterocycles. The number of fused-ring (bicyclic) bond motifs is 1. The fourth-order valence-electron chi connectivity index (χ4n) is 2.27. The van der Waals surface area contributed by atoms with Crippen molar-refractivity contribution < 1.29 is 18.9 Å². The smallest absolute Gasteiger partial charge is 0.0961 e. The van der Waals surface area contributed by atoms with E-state index in [2.05, 4.69) is 76.2 Å². The molecule has 0 nitrogen and oxygen atoms in total. The number of rotatable bonds is 0. The minimum Gasteiger partial charge on any atom is -0.211 e. The third kappa shape index (κ3) is 8.16. The molecule has 0 heterocycles. The quantitative estimate of drug-likeness (QED) is 0.305. The standard InChI is InChI=1S/C13H15.C6H7.C3H6.2ClH.Zr/c1-13(2,3)12-9-8-10-6-4-5-7-11(10)12;1-6-4-2-3-5-6;1-3-2;;;/h4-9H,1-3H3;2-5H,1H3;1-2H3;2*1H;/q2*-1;;;;+2/p-2. The maximum absolute atomic E-state index is 5.54. The molecule has 0 aliphatic rings. The molecular weight excluding hydrogens is 426 g/mol. The number of halogens is 2. The van der Waals surface area contributed by atoms with Crippen LogP contribution in [0.2, 0.25) is 0 Å². The van der Waals surface area contributed by atoms with E-state index in [4.69, 9.17) is 17.0 Å². The van der Waals surface area contributed by atoms with Crippen molar-refractivity contribution in [3.8, 4) is 0 Å². The van der Waals surface area contributed by atoms with E-state index in [0.717, 1.165) is 0 Å². The van der Waals surface area contributed by atoms with Gasteiger partial charge in [0.05, 0.1) is 0 Å². The average Bonchev–Trinajstić information content (AvgIpc) is 3.16. The second-order valence-corrected chi connectivity index (χ2v) is 16.7. The molecule has 0 radical (unpaired) electrons. The van der Waals surface area contributed by atoms with E-state index in [0.29, 0.717) is 0 Å². The Morgan fingerprint density at radius 2 is 1.60 bits per heavy atom. The van der Waals surface area contributed by atoms with Gasteiger partial charge in [-0.05, 0) is 0 Å². The van der Waals surface area contributed by atoms with Crippen LogP contribution in [0, 0.1) is 6.92 Å². The first-order valence-electron chi connectivity index (χ1n) is 8.44. The fourth-order valence-corrected chi connectivity index (χ4v) is 2.27. The molecule has 0 fully saturated rings. The number of aryl methyl sites for hydroxylation is 1. The van der Waals surface area contributed by atoms with E-state index in [-0.39, 0.29) is 5.41 Å². The Labute approximate surface area is 167 Å². The Morgan fingerprint density at radius 1 is 1.00 bits per heavy atom. The third-order valence-electron chi connectivity index (χ3n) is 3.70. The summed E-state index contributed by atoms with van der Waals surface area (Å²) in [6.45, 7) is 12.8. The van der Waals surface area contributed by atoms with Crippen molar-refractivity contribution in [1.82, 2.24) is 0 Å². The molecule has 0 N–H and O–H groups in total. The van der Waals surface area contributed by atoms with Gasteiger partial charge in [-0.25, -0.2) is 11.6 Å². The van der Waals surface area contributed by atoms with Gasteiger partial charge in [0.25, 0.3) is 0 Å². The number of hydrogen-bond donors (Lipinski definition) is 0. The minimum atomic E-state index is -1.84. The average molecular weight is 455 g/mol. The summed E-state index contributed by atoms with van der Waals surface area (Å²) in [5.74, 6) is 0. The molecule has 0 atom stereocenters. The zero-order valence-electron chi connectivity index (χ0n) is 16.0. The molecule has 3 heteroatoms. The van der Waals surface area contributed by atoms with Gasteiger partial charge in [-0.3, -0.25) is 0 Å². The molecule has 0 saturated carbocycles. The SMILES string of the molecule is CC(C)(C)c1c[cH-]c2ccccc12.C[C](C)=[Zr]([Cl])[Cl].Cc1cc[cH-]c1. The summed E-state index contributed by atoms with van der Waals surface area (Å²) < 4.78 is 1.24. The van der Waals surface area contributed by atoms with Gasteiger partial charge in [0.2, 0.25) is 0 Å². The fraction of sp³-hybridized carbons (Fsp3) is 0.318. The van der Waals surface area contributed by atoms with Crippen LogP contribution in [0.25, 0.3) is 10.8 Å². The Bertz CT molecular complexity index is 769. The van der Waals surface area contributed by atoms with Crippen LogP contribution in [-0.4, -0.2) is 3.21 Å². The second-order valence-electron chi connectivity index (χ2n) is 7.31. The molecule has 25 heavy (non-hydrogen) atoms. The number of hydrogen-bond acceptors (Lipinski definition) is 0. The molecule has 0 aromatic heterocycles. The molecule has 0 aliphatic carbocycles. The minimum absolute atomic E-state index is 0.253. The molecular formula is C22H28Cl2Zr-2. The normalized spacial score (nSPS) is 10.4. The molecule has 136 valence electrons. The first-order chi connectivity index (χ1) is 11.6. The monoisotopic (exact) mass is 452 g/mol. The predicted molar refractivity (Wildman–Crippen MR) is 113 cm³/mol. The van der Waals surface area contributed by atoms with Crippen LogP contribution >= 0.6 is 17.0 Å². The van der Waals surface area contributed by atoms with Crippen molar-refractivity contribution in [1.29, 1.82) is 0 Å². The zero-order chi connectivity index (χ0) is 19.0. The van der Waals surface area contributed by atoms with E-state index in [1.54, 1.807) is 0 Å². The van der Waals surface area contributed by atoms with E-state index in [9.17, 15) is 0 Å². The second kappa shape index (κ2) is 10.6. The summed E-state index contributed by atoms with van der Waals surface area (Å²) in [4.78, 5) is 0. The van der Waals surface area contributed by atoms with Crippen LogP contribution in [0.5, 0.6) is 0 Å². The summed E-state index contributed by atoms with van der Waals surface area (Å²) in [7, 11) is 11.1. The molecule has 3 rings (SSSR count). The van der Waals surface area contributed by atoms with Crippen molar-refractivity contribution in [3.63, 3.8) is 0 Å². The summed E-state index contributed by atoms with van der Waals surface area (Å²) in [5, 5.41) is 2.75. The van der Waals surface area contributed by atoms with Gasteiger partial charge in [0.1, 0.15) is 0 Å². The van der Waals surface area contributed by atoms with Crippen molar-refractivity contribution >= 4 is 31.0 Å². The summed E-state index contributed by atoms with van der Waals surface area (Å²) in [6.07, 6.45) is 0. The molecule has 0 bridgehead atoms. The van der Waals surface area contributed by atoms with Crippen LogP contribution in [-0.2, 0) is 24.3 Å². The maximum atomic E-state index is 5.54. The first kappa shape index (κ1) is 22.6. The van der Waals surface area contributed by atoms with Crippen molar-refractivity contribution in [3.05, 3.63) is 71.8 Å². The van der Waals surface area contributed by atoms with E-state index < -0.39 is 18.9 Å². The topological polar surface area (TPSA) is 0 Å². The van der Waals surface area contributed by atoms with Gasteiger partial charge in [-0.15, -0.1) is 46.7 Å². The Morgan fingerprint density at radius 3 is 2.00 bits per heavy atom. The van der Waals surface area contributed by atoms with Crippen LogP contribution in [0.3, 0.4) is 0 Å². The molecule has 3 aromatic rings. The van der Waals surface area contributed by atoms with E-state index in [1.165, 1.54) is 25.1 Å². The van der Waals surface area contributed by atoms with Gasteiger partial charge in [0, 0.05) is 0 Å². The largest absolute Gasteiger partial charge is 0.211 e. The number of benzene rings is 1. The summed E-state index contributed by atoms with van der Waals surface area (Å²) in [6, 6.07) is 21.3. The van der Waals surface area contributed by atoms with Crippen LogP contribution in [0.1, 0.15) is 45.7 Å². The zero-order valence-corrected chi connectivity index (χ0v) is 20.0. The third-order valence-corrected chi connectivity index (χ3v) is 10.0. The Kier molecular flexibility index (Phi) is 9.57. The van der Waals surface area contributed by atoms with E-state index in [1.807, 2.05) is 26.0 Å². The van der Waals surface area contributed by atoms with E-state index >= 15 is 0 Å². The Balaban J connectivity index is 0.000000218. The molecule has 0 amide bonds. The van der Waals surface area contributed by atoms with Crippen molar-refractivity contribution in [2.45, 2.75) is 47.0 Å². The van der Waals surface area contributed by atoms with Crippen molar-refractivity contribution in [2.75, 3.05) is 0 Å². The van der Waals surface area contributed by atoms with Gasteiger partial charge >= 0.3 is 53.0 Å². The van der Waals surface area contributed by atoms with Crippen LogP contribution < -0.4 is 0 Å². The van der Waals surface area contributed by atoms with Crippen LogP contribution in [0.4, 0.5) is 0 Å². The van der Waals surface area contributed by atoms with Gasteiger partial charge in [-0.1, -0.05) is 39.2 Å².